The number of hydrogen-bond acceptors (Lipinski definition) is 4. The van der Waals surface area contributed by atoms with Gasteiger partial charge in [-0.15, -0.1) is 0 Å². The van der Waals surface area contributed by atoms with Gasteiger partial charge in [-0.2, -0.15) is 9.36 Å². The van der Waals surface area contributed by atoms with Gasteiger partial charge in [0.05, 0.1) is 19.4 Å². The first-order chi connectivity index (χ1) is 7.43. The predicted molar refractivity (Wildman–Crippen MR) is 59.2 cm³/mol. The molecule has 0 aliphatic carbocycles. The molecule has 0 bridgehead atoms. The highest BCUT2D eigenvalue weighted by Crippen LogP contribution is 2.08. The van der Waals surface area contributed by atoms with Crippen molar-refractivity contribution in [2.75, 3.05) is 0 Å². The second kappa shape index (κ2) is 5.39. The third-order valence-electron chi connectivity index (χ3n) is 1.78. The minimum absolute atomic E-state index is 0.0185. The molecule has 0 saturated heterocycles. The maximum Gasteiger partial charge on any atom is 0.498 e. The number of aryl methyl sites for hydroxylation is 1. The van der Waals surface area contributed by atoms with E-state index in [2.05, 4.69) is 0 Å². The molecule has 1 N–H and O–H groups in total. The Bertz CT molecular complexity index is 519. The minimum atomic E-state index is -4.92. The second-order valence-corrected chi connectivity index (χ2v) is 5.21. The van der Waals surface area contributed by atoms with E-state index in [1.165, 1.54) is 0 Å². The highest BCUT2D eigenvalue weighted by Gasteiger charge is 2.21. The quantitative estimate of drug-likeness (QED) is 0.384. The lowest BCUT2D eigenvalue weighted by molar-refractivity contribution is -0.691. The van der Waals surface area contributed by atoms with Crippen molar-refractivity contribution in [3.63, 3.8) is 0 Å². The van der Waals surface area contributed by atoms with Crippen LogP contribution in [0.1, 0.15) is 20.8 Å². The Balaban J connectivity index is 0.000000437. The molecule has 0 saturated carbocycles. The van der Waals surface area contributed by atoms with E-state index in [1.807, 2.05) is 33.0 Å². The number of aromatic nitrogens is 2. The van der Waals surface area contributed by atoms with Crippen LogP contribution in [0.2, 0.25) is 0 Å². The normalized spacial score (nSPS) is 11.6. The molecule has 98 valence electrons. The summed E-state index contributed by atoms with van der Waals surface area (Å²) < 4.78 is 36.1. The largest absolute Gasteiger partial charge is 0.726 e. The number of rotatable bonds is 0. The highest BCUT2D eigenvalue weighted by atomic mass is 32.3. The van der Waals surface area contributed by atoms with Crippen LogP contribution in [0.4, 0.5) is 0 Å². The van der Waals surface area contributed by atoms with Gasteiger partial charge in [0.1, 0.15) is 5.54 Å². The summed E-state index contributed by atoms with van der Waals surface area (Å²) in [5.74, 6) is 0. The predicted octanol–water partition coefficient (Wildman–Crippen LogP) is -0.568. The highest BCUT2D eigenvalue weighted by molar-refractivity contribution is 7.79. The lowest BCUT2D eigenvalue weighted by atomic mass is 10.1. The molecule has 8 heteroatoms. The lowest BCUT2D eigenvalue weighted by Gasteiger charge is -2.14. The van der Waals surface area contributed by atoms with E-state index in [9.17, 15) is 4.79 Å². The SMILES string of the molecule is C[n+]1cccn(C(C)(C)C)c1=O.O=S(=O)([O-])O. The average molecular weight is 264 g/mol. The Morgan fingerprint density at radius 1 is 1.41 bits per heavy atom. The topological polar surface area (TPSA) is 103 Å². The molecular formula is C9H16N2O5S. The van der Waals surface area contributed by atoms with Gasteiger partial charge < -0.3 is 4.55 Å². The van der Waals surface area contributed by atoms with E-state index in [0.29, 0.717) is 0 Å². The van der Waals surface area contributed by atoms with E-state index in [0.717, 1.165) is 0 Å². The second-order valence-electron chi connectivity index (χ2n) is 4.35. The maximum atomic E-state index is 11.5. The third-order valence-corrected chi connectivity index (χ3v) is 1.78. The van der Waals surface area contributed by atoms with Gasteiger partial charge in [0, 0.05) is 6.07 Å². The van der Waals surface area contributed by atoms with Crippen LogP contribution >= 0.6 is 0 Å². The van der Waals surface area contributed by atoms with E-state index in [1.54, 1.807) is 22.4 Å². The summed E-state index contributed by atoms with van der Waals surface area (Å²) in [6.45, 7) is 6.02. The standard InChI is InChI=1S/C9H15N2O.H2O4S/c1-9(2,3)11-7-5-6-10(4)8(11)12;1-5(2,3)4/h5-7H,1-4H3;(H2,1,2,3,4)/q+1;/p-1. The number of nitrogens with zero attached hydrogens (tertiary/aromatic N) is 2. The molecule has 0 radical (unpaired) electrons. The van der Waals surface area contributed by atoms with Crippen LogP contribution in [0.15, 0.2) is 23.3 Å². The molecule has 1 aromatic rings. The zero-order valence-corrected chi connectivity index (χ0v) is 10.9. The molecule has 0 unspecified atom stereocenters. The van der Waals surface area contributed by atoms with Crippen molar-refractivity contribution in [3.8, 4) is 0 Å². The number of hydrogen-bond donors (Lipinski definition) is 1. The van der Waals surface area contributed by atoms with Crippen molar-refractivity contribution >= 4 is 10.4 Å². The molecule has 0 atom stereocenters. The van der Waals surface area contributed by atoms with Crippen molar-refractivity contribution < 1.29 is 22.1 Å². The van der Waals surface area contributed by atoms with Crippen LogP contribution in [0.5, 0.6) is 0 Å². The summed E-state index contributed by atoms with van der Waals surface area (Å²) >= 11 is 0. The van der Waals surface area contributed by atoms with E-state index in [4.69, 9.17) is 17.5 Å². The molecule has 7 nitrogen and oxygen atoms in total. The Morgan fingerprint density at radius 3 is 2.12 bits per heavy atom. The van der Waals surface area contributed by atoms with E-state index < -0.39 is 10.4 Å². The molecule has 0 aliphatic heterocycles. The van der Waals surface area contributed by atoms with Crippen LogP contribution in [0.3, 0.4) is 0 Å². The van der Waals surface area contributed by atoms with Crippen molar-refractivity contribution in [2.24, 2.45) is 7.05 Å². The smallest absolute Gasteiger partial charge is 0.498 e. The van der Waals surface area contributed by atoms with Crippen LogP contribution in [0, 0.1) is 0 Å². The molecule has 0 spiro atoms. The fourth-order valence-electron chi connectivity index (χ4n) is 1.06. The van der Waals surface area contributed by atoms with Gasteiger partial charge in [-0.3, -0.25) is 4.55 Å². The monoisotopic (exact) mass is 264 g/mol. The maximum absolute atomic E-state index is 11.5. The van der Waals surface area contributed by atoms with E-state index >= 15 is 0 Å². The van der Waals surface area contributed by atoms with Crippen LogP contribution < -0.4 is 10.3 Å². The molecule has 0 aliphatic rings. The van der Waals surface area contributed by atoms with Crippen LogP contribution in [-0.4, -0.2) is 22.1 Å². The summed E-state index contributed by atoms with van der Waals surface area (Å²) in [6, 6.07) is 1.87. The Labute approximate surface area is 99.9 Å². The zero-order chi connectivity index (χ0) is 13.9. The van der Waals surface area contributed by atoms with Crippen molar-refractivity contribution in [1.29, 1.82) is 0 Å². The first-order valence-corrected chi connectivity index (χ1v) is 6.05. The third kappa shape index (κ3) is 6.82. The van der Waals surface area contributed by atoms with Gasteiger partial charge in [0.2, 0.25) is 10.4 Å². The van der Waals surface area contributed by atoms with Crippen LogP contribution in [0.25, 0.3) is 0 Å². The molecule has 0 aromatic carbocycles. The van der Waals surface area contributed by atoms with Crippen LogP contribution in [-0.2, 0) is 23.0 Å². The Morgan fingerprint density at radius 2 is 1.82 bits per heavy atom. The molecule has 0 amide bonds. The summed E-state index contributed by atoms with van der Waals surface area (Å²) in [5, 5.41) is 0. The fourth-order valence-corrected chi connectivity index (χ4v) is 1.06. The minimum Gasteiger partial charge on any atom is -0.726 e. The van der Waals surface area contributed by atoms with Gasteiger partial charge >= 0.3 is 5.69 Å². The molecule has 1 heterocycles. The summed E-state index contributed by atoms with van der Waals surface area (Å²) in [5.41, 5.74) is -0.124. The van der Waals surface area contributed by atoms with Gasteiger partial charge in [-0.1, -0.05) is 0 Å². The summed E-state index contributed by atoms with van der Waals surface area (Å²) in [6.07, 6.45) is 3.56. The molecule has 1 aromatic heterocycles. The summed E-state index contributed by atoms with van der Waals surface area (Å²) in [4.78, 5) is 11.5. The zero-order valence-electron chi connectivity index (χ0n) is 10.1. The first kappa shape index (κ1) is 15.8. The average Bonchev–Trinajstić information content (AvgIpc) is 2.04. The van der Waals surface area contributed by atoms with Crippen molar-refractivity contribution in [1.82, 2.24) is 4.57 Å². The molecule has 17 heavy (non-hydrogen) atoms. The van der Waals surface area contributed by atoms with Crippen molar-refractivity contribution in [3.05, 3.63) is 28.9 Å². The Hall–Kier alpha value is -1.25. The lowest BCUT2D eigenvalue weighted by Crippen LogP contribution is -2.53. The first-order valence-electron chi connectivity index (χ1n) is 4.69. The van der Waals surface area contributed by atoms with Gasteiger partial charge in [-0.25, -0.2) is 13.0 Å². The molecular weight excluding hydrogens is 248 g/mol. The van der Waals surface area contributed by atoms with Gasteiger partial charge in [-0.05, 0) is 20.8 Å². The van der Waals surface area contributed by atoms with Crippen molar-refractivity contribution in [2.45, 2.75) is 26.3 Å². The molecule has 1 rings (SSSR count). The van der Waals surface area contributed by atoms with E-state index in [-0.39, 0.29) is 11.2 Å². The van der Waals surface area contributed by atoms with Gasteiger partial charge in [0.25, 0.3) is 0 Å². The Kier molecular flexibility index (Phi) is 4.99. The molecule has 0 fully saturated rings. The fraction of sp³-hybridized carbons (Fsp3) is 0.556. The van der Waals surface area contributed by atoms with Gasteiger partial charge in [0.15, 0.2) is 0 Å². The summed E-state index contributed by atoms with van der Waals surface area (Å²) in [7, 11) is -3.16.